The van der Waals surface area contributed by atoms with Crippen LogP contribution in [0.3, 0.4) is 0 Å². The molecule has 2 aliphatic carbocycles. The quantitative estimate of drug-likeness (QED) is 0.173. The number of fused-ring (bicyclic) bond motifs is 5. The van der Waals surface area contributed by atoms with Crippen LogP contribution < -0.4 is 0 Å². The van der Waals surface area contributed by atoms with Crippen LogP contribution in [-0.2, 0) is 5.41 Å². The maximum atomic E-state index is 5.09. The highest BCUT2D eigenvalue weighted by Crippen LogP contribution is 2.56. The molecule has 258 valence electrons. The van der Waals surface area contributed by atoms with Crippen LogP contribution in [0.5, 0.6) is 0 Å². The second-order valence-corrected chi connectivity index (χ2v) is 14.9. The van der Waals surface area contributed by atoms with E-state index in [1.54, 1.807) is 11.8 Å². The van der Waals surface area contributed by atoms with Gasteiger partial charge in [-0.1, -0.05) is 153 Å². The predicted molar refractivity (Wildman–Crippen MR) is 224 cm³/mol. The zero-order valence-electron chi connectivity index (χ0n) is 30.3. The fourth-order valence-electron chi connectivity index (χ4n) is 9.03. The first-order valence-corrected chi connectivity index (χ1v) is 19.3. The van der Waals surface area contributed by atoms with Crippen molar-refractivity contribution in [3.05, 3.63) is 193 Å². The summed E-state index contributed by atoms with van der Waals surface area (Å²) in [4.78, 5) is 9.44. The molecule has 1 saturated carbocycles. The Morgan fingerprint density at radius 2 is 0.889 bits per heavy atom. The Morgan fingerprint density at radius 1 is 0.352 bits per heavy atom. The molecular formula is C52H40N2. The zero-order valence-corrected chi connectivity index (χ0v) is 30.3. The third-order valence-corrected chi connectivity index (χ3v) is 11.8. The summed E-state index contributed by atoms with van der Waals surface area (Å²) in [5.74, 6) is 0. The molecule has 0 aliphatic heterocycles. The van der Waals surface area contributed by atoms with E-state index in [2.05, 4.69) is 169 Å². The average Bonchev–Trinajstić information content (AvgIpc) is 3.52. The molecule has 0 atom stereocenters. The number of hydrogen-bond acceptors (Lipinski definition) is 2. The van der Waals surface area contributed by atoms with E-state index in [0.29, 0.717) is 0 Å². The Bertz CT molecular complexity index is 2540. The van der Waals surface area contributed by atoms with Crippen molar-refractivity contribution in [3.8, 4) is 78.1 Å². The van der Waals surface area contributed by atoms with Crippen LogP contribution in [0.4, 0.5) is 0 Å². The number of pyridine rings is 2. The van der Waals surface area contributed by atoms with Crippen molar-refractivity contribution < 1.29 is 0 Å². The number of hydrogen-bond donors (Lipinski definition) is 0. The Labute approximate surface area is 317 Å². The molecule has 8 aromatic rings. The lowest BCUT2D eigenvalue weighted by molar-refractivity contribution is 0.353. The lowest BCUT2D eigenvalue weighted by Crippen LogP contribution is -2.28. The highest BCUT2D eigenvalue weighted by atomic mass is 14.7. The van der Waals surface area contributed by atoms with Crippen molar-refractivity contribution in [2.75, 3.05) is 0 Å². The molecular weight excluding hydrogens is 653 g/mol. The van der Waals surface area contributed by atoms with Gasteiger partial charge >= 0.3 is 0 Å². The van der Waals surface area contributed by atoms with E-state index in [-0.39, 0.29) is 5.41 Å². The highest BCUT2D eigenvalue weighted by Gasteiger charge is 2.43. The number of rotatable bonds is 6. The molecule has 2 heteroatoms. The fraction of sp³-hybridized carbons (Fsp3) is 0.115. The smallest absolute Gasteiger partial charge is 0.0731 e. The van der Waals surface area contributed by atoms with Crippen LogP contribution in [0.15, 0.2) is 182 Å². The van der Waals surface area contributed by atoms with Crippen molar-refractivity contribution in [1.29, 1.82) is 0 Å². The van der Waals surface area contributed by atoms with E-state index in [9.17, 15) is 0 Å². The average molecular weight is 693 g/mol. The molecule has 0 unspecified atom stereocenters. The van der Waals surface area contributed by atoms with Crippen molar-refractivity contribution >= 4 is 0 Å². The lowest BCUT2D eigenvalue weighted by atomic mass is 9.67. The fourth-order valence-corrected chi connectivity index (χ4v) is 9.03. The second-order valence-electron chi connectivity index (χ2n) is 14.9. The van der Waals surface area contributed by atoms with Crippen LogP contribution in [-0.4, -0.2) is 9.97 Å². The zero-order chi connectivity index (χ0) is 35.9. The van der Waals surface area contributed by atoms with Crippen LogP contribution in [0, 0.1) is 0 Å². The molecule has 2 aromatic heterocycles. The number of aromatic nitrogens is 2. The molecule has 0 N–H and O–H groups in total. The minimum absolute atomic E-state index is 0.171. The van der Waals surface area contributed by atoms with E-state index < -0.39 is 0 Å². The summed E-state index contributed by atoms with van der Waals surface area (Å²) < 4.78 is 0. The molecule has 0 radical (unpaired) electrons. The largest absolute Gasteiger partial charge is 0.264 e. The van der Waals surface area contributed by atoms with Gasteiger partial charge in [0.2, 0.25) is 0 Å². The first kappa shape index (κ1) is 32.3. The van der Waals surface area contributed by atoms with Gasteiger partial charge in [0, 0.05) is 28.9 Å². The second kappa shape index (κ2) is 13.5. The Balaban J connectivity index is 0.926. The van der Waals surface area contributed by atoms with Gasteiger partial charge in [-0.05, 0) is 116 Å². The van der Waals surface area contributed by atoms with Gasteiger partial charge in [0.15, 0.2) is 0 Å². The van der Waals surface area contributed by atoms with E-state index in [1.165, 1.54) is 87.7 Å². The summed E-state index contributed by atoms with van der Waals surface area (Å²) in [6.07, 6.45) is 10.2. The van der Waals surface area contributed by atoms with Crippen molar-refractivity contribution in [1.82, 2.24) is 9.97 Å². The number of nitrogens with zero attached hydrogens (tertiary/aromatic N) is 2. The lowest BCUT2D eigenvalue weighted by Gasteiger charge is -2.36. The first-order chi connectivity index (χ1) is 26.7. The van der Waals surface area contributed by atoms with Crippen molar-refractivity contribution in [3.63, 3.8) is 0 Å². The molecule has 2 aliphatic rings. The van der Waals surface area contributed by atoms with Crippen LogP contribution in [0.25, 0.3) is 78.1 Å². The van der Waals surface area contributed by atoms with E-state index in [4.69, 9.17) is 4.98 Å². The molecule has 0 bridgehead atoms. The highest BCUT2D eigenvalue weighted by molar-refractivity contribution is 5.85. The van der Waals surface area contributed by atoms with Crippen LogP contribution in [0.1, 0.15) is 43.2 Å². The summed E-state index contributed by atoms with van der Waals surface area (Å²) in [7, 11) is 0. The minimum atomic E-state index is 0.171. The summed E-state index contributed by atoms with van der Waals surface area (Å²) in [5, 5.41) is 0. The van der Waals surface area contributed by atoms with Crippen LogP contribution in [0.2, 0.25) is 0 Å². The summed E-state index contributed by atoms with van der Waals surface area (Å²) in [5.41, 5.74) is 19.8. The Hall–Kier alpha value is -6.38. The topological polar surface area (TPSA) is 25.8 Å². The normalized spacial score (nSPS) is 14.1. The van der Waals surface area contributed by atoms with Crippen LogP contribution >= 0.6 is 0 Å². The first-order valence-electron chi connectivity index (χ1n) is 19.3. The van der Waals surface area contributed by atoms with E-state index in [0.717, 1.165) is 28.1 Å². The van der Waals surface area contributed by atoms with Gasteiger partial charge in [-0.3, -0.25) is 4.98 Å². The van der Waals surface area contributed by atoms with Gasteiger partial charge in [0.25, 0.3) is 0 Å². The van der Waals surface area contributed by atoms with Crippen molar-refractivity contribution in [2.45, 2.75) is 37.5 Å². The number of benzene rings is 6. The molecule has 10 rings (SSSR count). The SMILES string of the molecule is c1ccc(-c2cc(-c3ccc(-c4cccc(-c5ccc(-c6ccc7c(c6)C6(CCCCC6)c6ccccc6-7)cc5)c4)cc3)nc(-c3cccnc3)c2)cc1. The van der Waals surface area contributed by atoms with Gasteiger partial charge in [-0.2, -0.15) is 0 Å². The molecule has 2 heterocycles. The molecule has 6 aromatic carbocycles. The predicted octanol–water partition coefficient (Wildman–Crippen LogP) is 13.7. The van der Waals surface area contributed by atoms with E-state index >= 15 is 0 Å². The maximum Gasteiger partial charge on any atom is 0.0731 e. The molecule has 54 heavy (non-hydrogen) atoms. The summed E-state index contributed by atoms with van der Waals surface area (Å²) >= 11 is 0. The summed E-state index contributed by atoms with van der Waals surface area (Å²) in [6.45, 7) is 0. The van der Waals surface area contributed by atoms with E-state index in [1.807, 2.05) is 12.3 Å². The van der Waals surface area contributed by atoms with Gasteiger partial charge in [-0.15, -0.1) is 0 Å². The van der Waals surface area contributed by atoms with Gasteiger partial charge in [-0.25, -0.2) is 4.98 Å². The minimum Gasteiger partial charge on any atom is -0.264 e. The molecule has 0 saturated heterocycles. The Morgan fingerprint density at radius 3 is 1.57 bits per heavy atom. The van der Waals surface area contributed by atoms with Gasteiger partial charge < -0.3 is 0 Å². The third kappa shape index (κ3) is 5.76. The molecule has 0 amide bonds. The molecule has 1 fully saturated rings. The molecule has 1 spiro atoms. The van der Waals surface area contributed by atoms with Gasteiger partial charge in [0.05, 0.1) is 11.4 Å². The molecule has 2 nitrogen and oxygen atoms in total. The maximum absolute atomic E-state index is 5.09. The van der Waals surface area contributed by atoms with Gasteiger partial charge in [0.1, 0.15) is 0 Å². The third-order valence-electron chi connectivity index (χ3n) is 11.8. The van der Waals surface area contributed by atoms with Crippen molar-refractivity contribution in [2.24, 2.45) is 0 Å². The standard InChI is InChI=1S/C52H40N2/c1-3-11-36(12-4-1)45-33-50(54-51(34-45)44-15-10-30-53-35-44)40-24-22-38(23-25-40)42-14-9-13-41(31-42)37-18-20-39(21-19-37)43-26-27-47-46-16-5-6-17-48(46)52(49(47)32-43)28-7-2-8-29-52/h1,3-6,9-27,30-35H,2,7-8,28-29H2. The Kier molecular flexibility index (Phi) is 8.10. The monoisotopic (exact) mass is 692 g/mol. The summed E-state index contributed by atoms with van der Waals surface area (Å²) in [6, 6.07) is 62.1.